The Labute approximate surface area is 91.1 Å². The summed E-state index contributed by atoms with van der Waals surface area (Å²) >= 11 is 8.16. The summed E-state index contributed by atoms with van der Waals surface area (Å²) in [5, 5.41) is 2.84. The lowest BCUT2D eigenvalue weighted by molar-refractivity contribution is -0.123. The van der Waals surface area contributed by atoms with Gasteiger partial charge in [-0.05, 0) is 14.1 Å². The lowest BCUT2D eigenvalue weighted by Crippen LogP contribution is -2.36. The normalized spacial score (nSPS) is 10.9. The molecule has 0 saturated heterocycles. The molecule has 0 saturated carbocycles. The monoisotopic (exact) mass is 222 g/mol. The number of rotatable bonds is 6. The second-order valence-corrected chi connectivity index (χ2v) is 3.89. The molecule has 0 rings (SSSR count). The van der Waals surface area contributed by atoms with Crippen LogP contribution in [0.2, 0.25) is 0 Å². The Kier molecular flexibility index (Phi) is 7.60. The van der Waals surface area contributed by atoms with E-state index in [4.69, 9.17) is 0 Å². The predicted octanol–water partition coefficient (Wildman–Crippen LogP) is 0.140. The van der Waals surface area contributed by atoms with Crippen molar-refractivity contribution in [1.29, 1.82) is 0 Å². The standard InChI is InChI=1S/C8H18N2OS2/c1-10(2)4-3-9-8(11)7(5-12)6-13/h7,12-13H,3-6H2,1-2H3,(H,9,11). The zero-order valence-electron chi connectivity index (χ0n) is 8.16. The van der Waals surface area contributed by atoms with Crippen molar-refractivity contribution < 1.29 is 4.79 Å². The van der Waals surface area contributed by atoms with E-state index in [0.29, 0.717) is 18.1 Å². The molecule has 0 heterocycles. The zero-order chi connectivity index (χ0) is 10.3. The average molecular weight is 222 g/mol. The number of carbonyl (C=O) groups is 1. The van der Waals surface area contributed by atoms with E-state index in [1.165, 1.54) is 0 Å². The molecule has 5 heteroatoms. The minimum Gasteiger partial charge on any atom is -0.355 e. The van der Waals surface area contributed by atoms with Crippen LogP contribution in [-0.4, -0.2) is 49.5 Å². The van der Waals surface area contributed by atoms with Gasteiger partial charge in [-0.1, -0.05) is 0 Å². The maximum Gasteiger partial charge on any atom is 0.224 e. The van der Waals surface area contributed by atoms with Crippen molar-refractivity contribution >= 4 is 31.2 Å². The van der Waals surface area contributed by atoms with Crippen molar-refractivity contribution in [2.24, 2.45) is 5.92 Å². The van der Waals surface area contributed by atoms with E-state index in [-0.39, 0.29) is 11.8 Å². The summed E-state index contributed by atoms with van der Waals surface area (Å²) in [7, 11) is 3.95. The zero-order valence-corrected chi connectivity index (χ0v) is 9.94. The molecule has 78 valence electrons. The predicted molar refractivity (Wildman–Crippen MR) is 62.8 cm³/mol. The van der Waals surface area contributed by atoms with E-state index in [2.05, 4.69) is 30.6 Å². The second-order valence-electron chi connectivity index (χ2n) is 3.16. The highest BCUT2D eigenvalue weighted by atomic mass is 32.1. The van der Waals surface area contributed by atoms with Crippen LogP contribution >= 0.6 is 25.3 Å². The summed E-state index contributed by atoms with van der Waals surface area (Å²) < 4.78 is 0. The SMILES string of the molecule is CN(C)CCNC(=O)C(CS)CS. The van der Waals surface area contributed by atoms with E-state index in [1.54, 1.807) is 0 Å². The van der Waals surface area contributed by atoms with Crippen LogP contribution in [0.4, 0.5) is 0 Å². The maximum absolute atomic E-state index is 11.4. The van der Waals surface area contributed by atoms with Crippen LogP contribution in [0, 0.1) is 5.92 Å². The smallest absolute Gasteiger partial charge is 0.224 e. The third-order valence-electron chi connectivity index (χ3n) is 1.67. The Bertz CT molecular complexity index is 149. The summed E-state index contributed by atoms with van der Waals surface area (Å²) in [6.45, 7) is 1.54. The molecule has 3 nitrogen and oxygen atoms in total. The molecular formula is C8H18N2OS2. The van der Waals surface area contributed by atoms with Gasteiger partial charge >= 0.3 is 0 Å². The quantitative estimate of drug-likeness (QED) is 0.559. The minimum atomic E-state index is -0.0752. The van der Waals surface area contributed by atoms with Gasteiger partial charge in [0.05, 0.1) is 5.92 Å². The van der Waals surface area contributed by atoms with Gasteiger partial charge in [0.15, 0.2) is 0 Å². The Morgan fingerprint density at radius 3 is 2.31 bits per heavy atom. The molecule has 0 radical (unpaired) electrons. The molecule has 0 aromatic carbocycles. The van der Waals surface area contributed by atoms with Crippen LogP contribution in [0.5, 0.6) is 0 Å². The fourth-order valence-corrected chi connectivity index (χ4v) is 1.56. The largest absolute Gasteiger partial charge is 0.355 e. The molecule has 0 spiro atoms. The first kappa shape index (κ1) is 13.1. The van der Waals surface area contributed by atoms with Gasteiger partial charge in [-0.3, -0.25) is 4.79 Å². The Morgan fingerprint density at radius 1 is 1.38 bits per heavy atom. The number of nitrogens with one attached hydrogen (secondary N) is 1. The van der Waals surface area contributed by atoms with Crippen molar-refractivity contribution in [2.45, 2.75) is 0 Å². The lowest BCUT2D eigenvalue weighted by atomic mass is 10.2. The first-order chi connectivity index (χ1) is 6.11. The highest BCUT2D eigenvalue weighted by molar-refractivity contribution is 7.81. The molecule has 0 bridgehead atoms. The molecule has 1 amide bonds. The highest BCUT2D eigenvalue weighted by Crippen LogP contribution is 2.01. The number of amides is 1. The molecule has 0 unspecified atom stereocenters. The van der Waals surface area contributed by atoms with Gasteiger partial charge < -0.3 is 10.2 Å². The van der Waals surface area contributed by atoms with Gasteiger partial charge in [-0.15, -0.1) is 0 Å². The van der Waals surface area contributed by atoms with Crippen molar-refractivity contribution in [3.05, 3.63) is 0 Å². The molecule has 1 N–H and O–H groups in total. The van der Waals surface area contributed by atoms with Crippen LogP contribution in [0.25, 0.3) is 0 Å². The van der Waals surface area contributed by atoms with E-state index >= 15 is 0 Å². The van der Waals surface area contributed by atoms with Crippen LogP contribution in [0.1, 0.15) is 0 Å². The Balaban J connectivity index is 3.60. The van der Waals surface area contributed by atoms with Crippen molar-refractivity contribution in [2.75, 3.05) is 38.7 Å². The minimum absolute atomic E-state index is 0.0480. The molecule has 0 aliphatic carbocycles. The first-order valence-corrected chi connectivity index (χ1v) is 5.52. The summed E-state index contributed by atoms with van der Waals surface area (Å²) in [6, 6.07) is 0. The van der Waals surface area contributed by atoms with Gasteiger partial charge in [0.1, 0.15) is 0 Å². The van der Waals surface area contributed by atoms with Crippen LogP contribution in [0.15, 0.2) is 0 Å². The molecule has 0 aromatic rings. The first-order valence-electron chi connectivity index (χ1n) is 4.26. The maximum atomic E-state index is 11.4. The van der Waals surface area contributed by atoms with Gasteiger partial charge in [-0.2, -0.15) is 25.3 Å². The fourth-order valence-electron chi connectivity index (χ4n) is 0.771. The molecule has 0 aliphatic rings. The lowest BCUT2D eigenvalue weighted by Gasteiger charge is -2.14. The average Bonchev–Trinajstić information content (AvgIpc) is 2.05. The Morgan fingerprint density at radius 2 is 1.92 bits per heavy atom. The summed E-state index contributed by atoms with van der Waals surface area (Å²) in [6.07, 6.45) is 0. The summed E-state index contributed by atoms with van der Waals surface area (Å²) in [5.74, 6) is 1.08. The summed E-state index contributed by atoms with van der Waals surface area (Å²) in [4.78, 5) is 13.4. The second kappa shape index (κ2) is 7.53. The number of hydrogen-bond acceptors (Lipinski definition) is 4. The Hall–Kier alpha value is 0.130. The summed E-state index contributed by atoms with van der Waals surface area (Å²) in [5.41, 5.74) is 0. The molecule has 0 atom stereocenters. The van der Waals surface area contributed by atoms with E-state index < -0.39 is 0 Å². The number of nitrogens with zero attached hydrogens (tertiary/aromatic N) is 1. The van der Waals surface area contributed by atoms with E-state index in [1.807, 2.05) is 19.0 Å². The van der Waals surface area contributed by atoms with Crippen LogP contribution in [-0.2, 0) is 4.79 Å². The molecular weight excluding hydrogens is 204 g/mol. The number of carbonyl (C=O) groups excluding carboxylic acids is 1. The van der Waals surface area contributed by atoms with E-state index in [0.717, 1.165) is 6.54 Å². The molecule has 0 fully saturated rings. The van der Waals surface area contributed by atoms with Crippen LogP contribution < -0.4 is 5.32 Å². The van der Waals surface area contributed by atoms with Gasteiger partial charge in [0.25, 0.3) is 0 Å². The van der Waals surface area contributed by atoms with Gasteiger partial charge in [-0.25, -0.2) is 0 Å². The van der Waals surface area contributed by atoms with Gasteiger partial charge in [0.2, 0.25) is 5.91 Å². The molecule has 0 aromatic heterocycles. The van der Waals surface area contributed by atoms with Crippen LogP contribution in [0.3, 0.4) is 0 Å². The number of thiol groups is 2. The van der Waals surface area contributed by atoms with E-state index in [9.17, 15) is 4.79 Å². The third-order valence-corrected chi connectivity index (χ3v) is 2.55. The fraction of sp³-hybridized carbons (Fsp3) is 0.875. The number of likely N-dealkylation sites (N-methyl/N-ethyl adjacent to an activating group) is 1. The molecule has 13 heavy (non-hydrogen) atoms. The third kappa shape index (κ3) is 6.23. The highest BCUT2D eigenvalue weighted by Gasteiger charge is 2.13. The van der Waals surface area contributed by atoms with Gasteiger partial charge in [0, 0.05) is 24.6 Å². The van der Waals surface area contributed by atoms with Crippen molar-refractivity contribution in [1.82, 2.24) is 10.2 Å². The van der Waals surface area contributed by atoms with Crippen molar-refractivity contribution in [3.8, 4) is 0 Å². The topological polar surface area (TPSA) is 32.3 Å². The van der Waals surface area contributed by atoms with Crippen molar-refractivity contribution in [3.63, 3.8) is 0 Å². The molecule has 0 aliphatic heterocycles. The number of hydrogen-bond donors (Lipinski definition) is 3.